The third-order valence-electron chi connectivity index (χ3n) is 13.8. The SMILES string of the molecule is CC1(C)c2ccccc2-c2cc(-c3cccc(-c4ccc5oc6ccccc6c5c4-c4nc(-c5cccc6c5sc5ccccc56)nc(-c5cccc6oc7ccccc7c56)n4)c3)ccc21. The van der Waals surface area contributed by atoms with Crippen molar-refractivity contribution in [2.45, 2.75) is 19.3 Å². The van der Waals surface area contributed by atoms with Gasteiger partial charge < -0.3 is 8.83 Å². The molecule has 0 amide bonds. The van der Waals surface area contributed by atoms with Gasteiger partial charge in [0.1, 0.15) is 22.3 Å². The molecule has 66 heavy (non-hydrogen) atoms. The van der Waals surface area contributed by atoms with E-state index in [-0.39, 0.29) is 5.41 Å². The summed E-state index contributed by atoms with van der Waals surface area (Å²) in [7, 11) is 0. The number of nitrogens with zero attached hydrogens (tertiary/aromatic N) is 3. The highest BCUT2D eigenvalue weighted by molar-refractivity contribution is 7.26. The van der Waals surface area contributed by atoms with E-state index in [2.05, 4.69) is 159 Å². The maximum atomic E-state index is 6.62. The normalized spacial score (nSPS) is 13.1. The van der Waals surface area contributed by atoms with Crippen LogP contribution in [0.5, 0.6) is 0 Å². The van der Waals surface area contributed by atoms with Gasteiger partial charge in [0.2, 0.25) is 0 Å². The highest BCUT2D eigenvalue weighted by Crippen LogP contribution is 2.50. The van der Waals surface area contributed by atoms with Crippen molar-refractivity contribution in [3.8, 4) is 67.5 Å². The minimum absolute atomic E-state index is 0.0645. The van der Waals surface area contributed by atoms with Gasteiger partial charge in [-0.2, -0.15) is 0 Å². The maximum absolute atomic E-state index is 6.62. The summed E-state index contributed by atoms with van der Waals surface area (Å²) >= 11 is 1.77. The van der Waals surface area contributed by atoms with Gasteiger partial charge in [-0.1, -0.05) is 147 Å². The van der Waals surface area contributed by atoms with Gasteiger partial charge in [-0.3, -0.25) is 0 Å². The van der Waals surface area contributed by atoms with Crippen LogP contribution in [0.1, 0.15) is 25.0 Å². The van der Waals surface area contributed by atoms with E-state index in [1.807, 2.05) is 42.5 Å². The van der Waals surface area contributed by atoms with Crippen LogP contribution in [0.4, 0.5) is 0 Å². The number of hydrogen-bond donors (Lipinski definition) is 0. The first-order chi connectivity index (χ1) is 32.5. The lowest BCUT2D eigenvalue weighted by Crippen LogP contribution is -2.14. The van der Waals surface area contributed by atoms with Gasteiger partial charge in [0.15, 0.2) is 17.5 Å². The Morgan fingerprint density at radius 3 is 1.80 bits per heavy atom. The minimum Gasteiger partial charge on any atom is -0.456 e. The summed E-state index contributed by atoms with van der Waals surface area (Å²) in [4.78, 5) is 16.5. The fraction of sp³-hybridized carbons (Fsp3) is 0.0500. The maximum Gasteiger partial charge on any atom is 0.165 e. The topological polar surface area (TPSA) is 65.0 Å². The lowest BCUT2D eigenvalue weighted by atomic mass is 9.82. The molecule has 0 N–H and O–H groups in total. The molecule has 0 atom stereocenters. The van der Waals surface area contributed by atoms with Crippen molar-refractivity contribution in [1.29, 1.82) is 0 Å². The number of hydrogen-bond acceptors (Lipinski definition) is 6. The molecule has 0 radical (unpaired) electrons. The van der Waals surface area contributed by atoms with Gasteiger partial charge in [-0.15, -0.1) is 11.3 Å². The molecule has 4 aromatic heterocycles. The molecule has 1 aliphatic carbocycles. The highest BCUT2D eigenvalue weighted by Gasteiger charge is 2.35. The Kier molecular flexibility index (Phi) is 7.84. The Balaban J connectivity index is 1.04. The predicted molar refractivity (Wildman–Crippen MR) is 272 cm³/mol. The molecule has 5 nitrogen and oxygen atoms in total. The van der Waals surface area contributed by atoms with Crippen LogP contribution in [0.2, 0.25) is 0 Å². The molecule has 13 aromatic rings. The fourth-order valence-electron chi connectivity index (χ4n) is 10.7. The van der Waals surface area contributed by atoms with E-state index in [1.54, 1.807) is 11.3 Å². The second kappa shape index (κ2) is 13.9. The number of rotatable bonds is 5. The quantitative estimate of drug-likeness (QED) is 0.172. The van der Waals surface area contributed by atoms with E-state index in [9.17, 15) is 0 Å². The Hall–Kier alpha value is -8.19. The number of para-hydroxylation sites is 2. The zero-order valence-electron chi connectivity index (χ0n) is 36.0. The lowest BCUT2D eigenvalue weighted by Gasteiger charge is -2.21. The zero-order valence-corrected chi connectivity index (χ0v) is 36.8. The van der Waals surface area contributed by atoms with Crippen LogP contribution < -0.4 is 0 Å². The van der Waals surface area contributed by atoms with E-state index in [0.717, 1.165) is 82.0 Å². The van der Waals surface area contributed by atoms with Crippen LogP contribution in [0, 0.1) is 0 Å². The van der Waals surface area contributed by atoms with Crippen LogP contribution >= 0.6 is 11.3 Å². The second-order valence-corrected chi connectivity index (χ2v) is 18.9. The van der Waals surface area contributed by atoms with E-state index in [1.165, 1.54) is 43.3 Å². The Bertz CT molecular complexity index is 4170. The Labute approximate surface area is 383 Å². The van der Waals surface area contributed by atoms with Crippen LogP contribution in [-0.4, -0.2) is 15.0 Å². The summed E-state index contributed by atoms with van der Waals surface area (Å²) in [5.41, 5.74) is 15.5. The van der Waals surface area contributed by atoms with E-state index in [4.69, 9.17) is 23.8 Å². The number of aromatic nitrogens is 3. The van der Waals surface area contributed by atoms with Crippen molar-refractivity contribution in [2.24, 2.45) is 0 Å². The smallest absolute Gasteiger partial charge is 0.165 e. The van der Waals surface area contributed by atoms with Crippen molar-refractivity contribution in [2.75, 3.05) is 0 Å². The molecule has 4 heterocycles. The second-order valence-electron chi connectivity index (χ2n) is 17.8. The van der Waals surface area contributed by atoms with Crippen LogP contribution in [-0.2, 0) is 5.41 Å². The molecule has 0 aliphatic heterocycles. The van der Waals surface area contributed by atoms with Gasteiger partial charge in [0.25, 0.3) is 0 Å². The summed E-state index contributed by atoms with van der Waals surface area (Å²) < 4.78 is 15.4. The molecule has 6 heteroatoms. The molecule has 14 rings (SSSR count). The Morgan fingerprint density at radius 2 is 0.955 bits per heavy atom. The molecule has 0 saturated carbocycles. The zero-order chi connectivity index (χ0) is 43.7. The van der Waals surface area contributed by atoms with Crippen molar-refractivity contribution in [3.63, 3.8) is 0 Å². The average Bonchev–Trinajstić information content (AvgIpc) is 4.11. The monoisotopic (exact) mass is 863 g/mol. The van der Waals surface area contributed by atoms with Crippen molar-refractivity contribution in [1.82, 2.24) is 15.0 Å². The fourth-order valence-corrected chi connectivity index (χ4v) is 11.9. The Morgan fingerprint density at radius 1 is 0.379 bits per heavy atom. The molecule has 0 bridgehead atoms. The van der Waals surface area contributed by atoms with Crippen molar-refractivity contribution in [3.05, 3.63) is 199 Å². The van der Waals surface area contributed by atoms with Gasteiger partial charge in [0, 0.05) is 63.8 Å². The third kappa shape index (κ3) is 5.42. The van der Waals surface area contributed by atoms with Gasteiger partial charge in [0.05, 0.1) is 0 Å². The molecule has 0 saturated heterocycles. The molecule has 0 spiro atoms. The van der Waals surface area contributed by atoms with E-state index in [0.29, 0.717) is 17.5 Å². The van der Waals surface area contributed by atoms with Gasteiger partial charge >= 0.3 is 0 Å². The summed E-state index contributed by atoms with van der Waals surface area (Å²) in [5.74, 6) is 1.73. The summed E-state index contributed by atoms with van der Waals surface area (Å²) in [6, 6.07) is 66.5. The van der Waals surface area contributed by atoms with Gasteiger partial charge in [-0.05, 0) is 99.1 Å². The molecule has 1 aliphatic rings. The lowest BCUT2D eigenvalue weighted by molar-refractivity contribution is 0.660. The first kappa shape index (κ1) is 37.2. The molecule has 0 unspecified atom stereocenters. The number of fused-ring (bicyclic) bond motifs is 12. The number of thiophene rings is 1. The van der Waals surface area contributed by atoms with Crippen molar-refractivity contribution >= 4 is 75.4 Å². The summed E-state index contributed by atoms with van der Waals surface area (Å²) in [5, 5.41) is 6.34. The average molecular weight is 864 g/mol. The summed E-state index contributed by atoms with van der Waals surface area (Å²) in [6.45, 7) is 4.65. The highest BCUT2D eigenvalue weighted by atomic mass is 32.1. The minimum atomic E-state index is -0.0645. The van der Waals surface area contributed by atoms with Crippen molar-refractivity contribution < 1.29 is 8.83 Å². The first-order valence-electron chi connectivity index (χ1n) is 22.3. The standard InChI is InChI=1S/C60H37N3O2S/c1-60(2)46-23-7-3-16-38(46)45-33-35(28-30-47(45)60)34-14-11-15-36(32-34)37-29-31-51-54(42-19-5-9-25-49(42)65-51)55(37)59-62-57(43-21-13-26-50-53(43)41-18-4-8-24-48(41)64-50)61-58(63-59)44-22-12-20-40-39-17-6-10-27-52(39)66-56(40)44/h3-33H,1-2H3. The summed E-state index contributed by atoms with van der Waals surface area (Å²) in [6.07, 6.45) is 0. The number of furan rings is 2. The van der Waals surface area contributed by atoms with Crippen LogP contribution in [0.25, 0.3) is 132 Å². The predicted octanol–water partition coefficient (Wildman–Crippen LogP) is 16.7. The largest absolute Gasteiger partial charge is 0.456 e. The molecule has 0 fully saturated rings. The molecular weight excluding hydrogens is 827 g/mol. The van der Waals surface area contributed by atoms with Crippen LogP contribution in [0.3, 0.4) is 0 Å². The van der Waals surface area contributed by atoms with Gasteiger partial charge in [-0.25, -0.2) is 15.0 Å². The number of benzene rings is 9. The third-order valence-corrected chi connectivity index (χ3v) is 15.0. The molecule has 9 aromatic carbocycles. The first-order valence-corrected chi connectivity index (χ1v) is 23.2. The van der Waals surface area contributed by atoms with E-state index >= 15 is 0 Å². The molecule has 310 valence electrons. The molecular formula is C60H37N3O2S. The van der Waals surface area contributed by atoms with E-state index < -0.39 is 0 Å². The van der Waals surface area contributed by atoms with Crippen LogP contribution in [0.15, 0.2) is 197 Å².